The lowest BCUT2D eigenvalue weighted by molar-refractivity contribution is 0.0537. The maximum atomic E-state index is 2.70. The number of halogens is 1. The first-order chi connectivity index (χ1) is 8.60. The van der Waals surface area contributed by atoms with Gasteiger partial charge in [0.15, 0.2) is 0 Å². The molecule has 0 aromatic carbocycles. The molecule has 1 aliphatic carbocycles. The molecule has 0 bridgehead atoms. The van der Waals surface area contributed by atoms with Crippen molar-refractivity contribution >= 4 is 12.4 Å². The van der Waals surface area contributed by atoms with Crippen molar-refractivity contribution in [2.45, 2.75) is 51.9 Å². The maximum Gasteiger partial charge on any atom is -0.000654 e. The van der Waals surface area contributed by atoms with E-state index in [2.05, 4.69) is 30.8 Å². The molecule has 1 heterocycles. The Bertz CT molecular complexity index is 237. The summed E-state index contributed by atoms with van der Waals surface area (Å²) in [5.41, 5.74) is 0.755. The van der Waals surface area contributed by atoms with E-state index in [1.807, 2.05) is 0 Å². The number of nitrogens with zero attached hydrogens (tertiary/aromatic N) is 2. The van der Waals surface area contributed by atoms with Crippen LogP contribution in [0.2, 0.25) is 0 Å². The Morgan fingerprint density at radius 2 is 1.63 bits per heavy atom. The summed E-state index contributed by atoms with van der Waals surface area (Å²) in [6, 6.07) is 0. The quantitative estimate of drug-likeness (QED) is 0.779. The molecule has 0 radical (unpaired) electrons. The molecule has 1 aliphatic heterocycles. The second kappa shape index (κ2) is 7.85. The van der Waals surface area contributed by atoms with Crippen molar-refractivity contribution in [1.82, 2.24) is 9.80 Å². The highest BCUT2D eigenvalue weighted by Crippen LogP contribution is 2.46. The van der Waals surface area contributed by atoms with Gasteiger partial charge in [-0.3, -0.25) is 0 Å². The van der Waals surface area contributed by atoms with E-state index in [1.165, 1.54) is 71.1 Å². The van der Waals surface area contributed by atoms with E-state index >= 15 is 0 Å². The Morgan fingerprint density at radius 1 is 1.05 bits per heavy atom. The van der Waals surface area contributed by atoms with Gasteiger partial charge >= 0.3 is 0 Å². The van der Waals surface area contributed by atoms with Crippen LogP contribution in [-0.4, -0.2) is 50.1 Å². The molecule has 1 spiro atoms. The third kappa shape index (κ3) is 5.24. The normalized spacial score (nSPS) is 24.6. The predicted molar refractivity (Wildman–Crippen MR) is 86.2 cm³/mol. The first kappa shape index (κ1) is 17.3. The van der Waals surface area contributed by atoms with Gasteiger partial charge in [-0.2, -0.15) is 0 Å². The van der Waals surface area contributed by atoms with E-state index in [9.17, 15) is 0 Å². The standard InChI is InChI=1S/C16H32N2.ClH/c1-15-5-7-16(8-6-15)9-13-18(14-10-16)12-4-11-17(2)3;/h15H,4-14H2,1-3H3;1H. The number of rotatable bonds is 4. The second-order valence-corrected chi connectivity index (χ2v) is 7.18. The van der Waals surface area contributed by atoms with E-state index in [-0.39, 0.29) is 12.4 Å². The lowest BCUT2D eigenvalue weighted by atomic mass is 9.66. The van der Waals surface area contributed by atoms with E-state index in [1.54, 1.807) is 0 Å². The molecule has 0 unspecified atom stereocenters. The molecule has 2 nitrogen and oxygen atoms in total. The highest BCUT2D eigenvalue weighted by Gasteiger charge is 2.36. The fourth-order valence-electron chi connectivity index (χ4n) is 3.74. The van der Waals surface area contributed by atoms with Gasteiger partial charge in [-0.25, -0.2) is 0 Å². The van der Waals surface area contributed by atoms with Crippen LogP contribution in [0.15, 0.2) is 0 Å². The first-order valence-corrected chi connectivity index (χ1v) is 7.97. The zero-order valence-corrected chi connectivity index (χ0v) is 14.0. The molecule has 19 heavy (non-hydrogen) atoms. The minimum Gasteiger partial charge on any atom is -0.309 e. The van der Waals surface area contributed by atoms with Gasteiger partial charge in [0.25, 0.3) is 0 Å². The summed E-state index contributed by atoms with van der Waals surface area (Å²) in [6.45, 7) is 7.71. The van der Waals surface area contributed by atoms with Gasteiger partial charge in [-0.1, -0.05) is 19.8 Å². The van der Waals surface area contributed by atoms with E-state index < -0.39 is 0 Å². The van der Waals surface area contributed by atoms with Crippen LogP contribution in [0.4, 0.5) is 0 Å². The molecule has 2 aliphatic rings. The van der Waals surface area contributed by atoms with Crippen molar-refractivity contribution in [1.29, 1.82) is 0 Å². The third-order valence-electron chi connectivity index (χ3n) is 5.33. The van der Waals surface area contributed by atoms with E-state index in [4.69, 9.17) is 0 Å². The number of likely N-dealkylation sites (tertiary alicyclic amines) is 1. The van der Waals surface area contributed by atoms with Gasteiger partial charge in [-0.05, 0) is 83.7 Å². The summed E-state index contributed by atoms with van der Waals surface area (Å²) >= 11 is 0. The monoisotopic (exact) mass is 288 g/mol. The van der Waals surface area contributed by atoms with Gasteiger partial charge in [-0.15, -0.1) is 12.4 Å². The Morgan fingerprint density at radius 3 is 2.16 bits per heavy atom. The fourth-order valence-corrected chi connectivity index (χ4v) is 3.74. The van der Waals surface area contributed by atoms with Gasteiger partial charge < -0.3 is 9.80 Å². The second-order valence-electron chi connectivity index (χ2n) is 7.18. The Hall–Kier alpha value is 0.210. The minimum absolute atomic E-state index is 0. The van der Waals surface area contributed by atoms with Crippen molar-refractivity contribution in [3.05, 3.63) is 0 Å². The largest absolute Gasteiger partial charge is 0.309 e. The molecule has 1 saturated carbocycles. The van der Waals surface area contributed by atoms with Crippen LogP contribution in [-0.2, 0) is 0 Å². The van der Waals surface area contributed by atoms with Crippen molar-refractivity contribution in [3.8, 4) is 0 Å². The van der Waals surface area contributed by atoms with Gasteiger partial charge in [0.1, 0.15) is 0 Å². The van der Waals surface area contributed by atoms with Crippen LogP contribution in [0.25, 0.3) is 0 Å². The average Bonchev–Trinajstić information content (AvgIpc) is 2.35. The molecule has 0 aromatic heterocycles. The zero-order valence-electron chi connectivity index (χ0n) is 13.2. The summed E-state index contributed by atoms with van der Waals surface area (Å²) in [4.78, 5) is 5.00. The summed E-state index contributed by atoms with van der Waals surface area (Å²) in [6.07, 6.45) is 10.3. The predicted octanol–water partition coefficient (Wildman–Crippen LogP) is 3.65. The summed E-state index contributed by atoms with van der Waals surface area (Å²) in [5, 5.41) is 0. The Kier molecular flexibility index (Phi) is 7.13. The lowest BCUT2D eigenvalue weighted by Gasteiger charge is -2.45. The van der Waals surface area contributed by atoms with Gasteiger partial charge in [0, 0.05) is 0 Å². The molecular formula is C16H33ClN2. The van der Waals surface area contributed by atoms with Crippen LogP contribution in [0.1, 0.15) is 51.9 Å². The molecule has 0 atom stereocenters. The Labute approximate surface area is 126 Å². The SMILES string of the molecule is CC1CCC2(CC1)CCN(CCCN(C)C)CC2.Cl. The van der Waals surface area contributed by atoms with Crippen molar-refractivity contribution < 1.29 is 0 Å². The molecule has 2 fully saturated rings. The molecular weight excluding hydrogens is 256 g/mol. The minimum atomic E-state index is 0. The summed E-state index contributed by atoms with van der Waals surface area (Å²) in [7, 11) is 4.35. The molecule has 3 heteroatoms. The lowest BCUT2D eigenvalue weighted by Crippen LogP contribution is -2.42. The average molecular weight is 289 g/mol. The van der Waals surface area contributed by atoms with Crippen molar-refractivity contribution in [3.63, 3.8) is 0 Å². The maximum absolute atomic E-state index is 2.70. The van der Waals surface area contributed by atoms with E-state index in [0.717, 1.165) is 11.3 Å². The zero-order chi connectivity index (χ0) is 13.0. The number of hydrogen-bond donors (Lipinski definition) is 0. The summed E-state index contributed by atoms with van der Waals surface area (Å²) < 4.78 is 0. The number of piperidine rings is 1. The highest BCUT2D eigenvalue weighted by atomic mass is 35.5. The van der Waals surface area contributed by atoms with Crippen LogP contribution in [0.5, 0.6) is 0 Å². The van der Waals surface area contributed by atoms with Gasteiger partial charge in [0.05, 0.1) is 0 Å². The fraction of sp³-hybridized carbons (Fsp3) is 1.00. The van der Waals surface area contributed by atoms with Crippen LogP contribution >= 0.6 is 12.4 Å². The smallest absolute Gasteiger partial charge is 0.000654 e. The molecule has 1 saturated heterocycles. The van der Waals surface area contributed by atoms with Crippen LogP contribution < -0.4 is 0 Å². The summed E-state index contributed by atoms with van der Waals surface area (Å²) in [5.74, 6) is 0.994. The molecule has 0 amide bonds. The van der Waals surface area contributed by atoms with Crippen molar-refractivity contribution in [2.75, 3.05) is 40.3 Å². The molecule has 0 N–H and O–H groups in total. The van der Waals surface area contributed by atoms with Crippen molar-refractivity contribution in [2.24, 2.45) is 11.3 Å². The van der Waals surface area contributed by atoms with E-state index in [0.29, 0.717) is 0 Å². The highest BCUT2D eigenvalue weighted by molar-refractivity contribution is 5.85. The molecule has 2 rings (SSSR count). The Balaban J connectivity index is 0.00000180. The first-order valence-electron chi connectivity index (χ1n) is 7.97. The van der Waals surface area contributed by atoms with Crippen LogP contribution in [0.3, 0.4) is 0 Å². The van der Waals surface area contributed by atoms with Gasteiger partial charge in [0.2, 0.25) is 0 Å². The molecule has 114 valence electrons. The molecule has 0 aromatic rings. The third-order valence-corrected chi connectivity index (χ3v) is 5.33. The topological polar surface area (TPSA) is 6.48 Å². The van der Waals surface area contributed by atoms with Crippen LogP contribution in [0, 0.1) is 11.3 Å². The number of hydrogen-bond acceptors (Lipinski definition) is 2.